The van der Waals surface area contributed by atoms with Gasteiger partial charge in [-0.15, -0.1) is 0 Å². The molecule has 0 aromatic heterocycles. The Morgan fingerprint density at radius 2 is 1.64 bits per heavy atom. The zero-order chi connectivity index (χ0) is 18.0. The van der Waals surface area contributed by atoms with Gasteiger partial charge in [0.05, 0.1) is 24.1 Å². The molecule has 1 aliphatic rings. The smallest absolute Gasteiger partial charge is 0.310 e. The molecule has 0 atom stereocenters. The van der Waals surface area contributed by atoms with Gasteiger partial charge in [-0.1, -0.05) is 41.4 Å². The van der Waals surface area contributed by atoms with Gasteiger partial charge in [-0.2, -0.15) is 0 Å². The molecule has 7 heteroatoms. The Bertz CT molecular complexity index is 831. The molecule has 2 amide bonds. The molecule has 0 aliphatic carbocycles. The van der Waals surface area contributed by atoms with Crippen LogP contribution in [-0.2, 0) is 16.0 Å². The van der Waals surface area contributed by atoms with Crippen LogP contribution in [0.25, 0.3) is 0 Å². The van der Waals surface area contributed by atoms with Gasteiger partial charge in [0, 0.05) is 10.0 Å². The van der Waals surface area contributed by atoms with E-state index in [2.05, 4.69) is 0 Å². The molecule has 1 aliphatic heterocycles. The van der Waals surface area contributed by atoms with Crippen LogP contribution < -0.4 is 0 Å². The number of carbonyl (C=O) groups excluding carboxylic acids is 3. The third-order valence-corrected chi connectivity index (χ3v) is 4.39. The summed E-state index contributed by atoms with van der Waals surface area (Å²) in [7, 11) is 0. The number of nitrogens with zero attached hydrogens (tertiary/aromatic N) is 1. The van der Waals surface area contributed by atoms with Gasteiger partial charge < -0.3 is 4.74 Å². The number of benzene rings is 2. The highest BCUT2D eigenvalue weighted by Gasteiger charge is 2.34. The van der Waals surface area contributed by atoms with Gasteiger partial charge in [0.15, 0.2) is 0 Å². The van der Waals surface area contributed by atoms with Crippen molar-refractivity contribution in [2.45, 2.75) is 6.42 Å². The summed E-state index contributed by atoms with van der Waals surface area (Å²) in [5, 5.41) is 0.859. The normalized spacial score (nSPS) is 13.1. The van der Waals surface area contributed by atoms with E-state index in [1.54, 1.807) is 42.5 Å². The predicted molar refractivity (Wildman–Crippen MR) is 92.9 cm³/mol. The summed E-state index contributed by atoms with van der Waals surface area (Å²) in [5.74, 6) is -1.25. The van der Waals surface area contributed by atoms with E-state index in [-0.39, 0.29) is 31.4 Å². The second-order valence-electron chi connectivity index (χ2n) is 5.44. The molecule has 3 rings (SSSR count). The zero-order valence-electron chi connectivity index (χ0n) is 13.0. The van der Waals surface area contributed by atoms with Gasteiger partial charge in [-0.25, -0.2) is 0 Å². The Labute approximate surface area is 154 Å². The van der Waals surface area contributed by atoms with Crippen molar-refractivity contribution >= 4 is 41.0 Å². The van der Waals surface area contributed by atoms with Crippen LogP contribution in [0.4, 0.5) is 0 Å². The highest BCUT2D eigenvalue weighted by atomic mass is 35.5. The van der Waals surface area contributed by atoms with Crippen molar-refractivity contribution in [1.82, 2.24) is 4.90 Å². The number of esters is 1. The zero-order valence-corrected chi connectivity index (χ0v) is 14.5. The summed E-state index contributed by atoms with van der Waals surface area (Å²) in [5.41, 5.74) is 1.33. The number of hydrogen-bond donors (Lipinski definition) is 0. The number of halogens is 2. The fraction of sp³-hybridized carbons (Fsp3) is 0.167. The van der Waals surface area contributed by atoms with Crippen molar-refractivity contribution in [2.24, 2.45) is 0 Å². The van der Waals surface area contributed by atoms with Crippen molar-refractivity contribution in [2.75, 3.05) is 13.2 Å². The molecule has 0 fully saturated rings. The van der Waals surface area contributed by atoms with Crippen molar-refractivity contribution in [3.8, 4) is 0 Å². The summed E-state index contributed by atoms with van der Waals surface area (Å²) in [6.45, 7) is -0.0675. The van der Waals surface area contributed by atoms with Crippen molar-refractivity contribution in [1.29, 1.82) is 0 Å². The predicted octanol–water partition coefficient (Wildman–Crippen LogP) is 3.38. The Kier molecular flexibility index (Phi) is 5.06. The number of amides is 2. The molecule has 128 valence electrons. The molecule has 0 spiro atoms. The van der Waals surface area contributed by atoms with Crippen LogP contribution in [0.5, 0.6) is 0 Å². The van der Waals surface area contributed by atoms with E-state index in [0.29, 0.717) is 26.7 Å². The monoisotopic (exact) mass is 377 g/mol. The average molecular weight is 378 g/mol. The molecular weight excluding hydrogens is 365 g/mol. The van der Waals surface area contributed by atoms with Crippen LogP contribution in [0, 0.1) is 0 Å². The van der Waals surface area contributed by atoms with E-state index < -0.39 is 5.97 Å². The largest absolute Gasteiger partial charge is 0.464 e. The van der Waals surface area contributed by atoms with E-state index in [9.17, 15) is 14.4 Å². The molecule has 2 aromatic rings. The minimum atomic E-state index is -0.499. The molecule has 0 saturated heterocycles. The minimum absolute atomic E-state index is 0.00639. The van der Waals surface area contributed by atoms with Gasteiger partial charge in [0.2, 0.25) is 0 Å². The molecular formula is C18H13Cl2NO4. The number of fused-ring (bicyclic) bond motifs is 1. The lowest BCUT2D eigenvalue weighted by Gasteiger charge is -2.14. The van der Waals surface area contributed by atoms with E-state index in [1.165, 1.54) is 0 Å². The van der Waals surface area contributed by atoms with Gasteiger partial charge in [0.25, 0.3) is 11.8 Å². The highest BCUT2D eigenvalue weighted by Crippen LogP contribution is 2.23. The molecule has 0 radical (unpaired) electrons. The molecule has 2 aromatic carbocycles. The first kappa shape index (κ1) is 17.5. The van der Waals surface area contributed by atoms with Crippen LogP contribution >= 0.6 is 23.2 Å². The third kappa shape index (κ3) is 3.67. The summed E-state index contributed by atoms with van der Waals surface area (Å²) in [4.78, 5) is 37.3. The van der Waals surface area contributed by atoms with Crippen LogP contribution in [-0.4, -0.2) is 35.8 Å². The minimum Gasteiger partial charge on any atom is -0.464 e. The third-order valence-electron chi connectivity index (χ3n) is 3.81. The molecule has 5 nitrogen and oxygen atoms in total. The Morgan fingerprint density at radius 3 is 2.24 bits per heavy atom. The molecule has 0 N–H and O–H groups in total. The van der Waals surface area contributed by atoms with Crippen LogP contribution in [0.15, 0.2) is 42.5 Å². The Balaban J connectivity index is 1.54. The van der Waals surface area contributed by atoms with Gasteiger partial charge in [-0.05, 0) is 29.8 Å². The molecule has 0 unspecified atom stereocenters. The van der Waals surface area contributed by atoms with Crippen molar-refractivity contribution in [3.63, 3.8) is 0 Å². The second-order valence-corrected chi connectivity index (χ2v) is 6.28. The van der Waals surface area contributed by atoms with Crippen LogP contribution in [0.1, 0.15) is 26.3 Å². The number of rotatable bonds is 5. The van der Waals surface area contributed by atoms with Crippen LogP contribution in [0.2, 0.25) is 10.0 Å². The lowest BCUT2D eigenvalue weighted by molar-refractivity contribution is -0.143. The lowest BCUT2D eigenvalue weighted by Crippen LogP contribution is -2.33. The van der Waals surface area contributed by atoms with Gasteiger partial charge in [0.1, 0.15) is 6.61 Å². The summed E-state index contributed by atoms with van der Waals surface area (Å²) < 4.78 is 5.11. The van der Waals surface area contributed by atoms with E-state index in [1.807, 2.05) is 0 Å². The topological polar surface area (TPSA) is 63.7 Å². The first-order valence-corrected chi connectivity index (χ1v) is 8.27. The van der Waals surface area contributed by atoms with E-state index in [0.717, 1.165) is 4.90 Å². The van der Waals surface area contributed by atoms with Gasteiger partial charge >= 0.3 is 5.97 Å². The Morgan fingerprint density at radius 1 is 1.00 bits per heavy atom. The lowest BCUT2D eigenvalue weighted by atomic mass is 10.1. The fourth-order valence-corrected chi connectivity index (χ4v) is 3.04. The molecule has 0 bridgehead atoms. The van der Waals surface area contributed by atoms with Crippen LogP contribution in [0.3, 0.4) is 0 Å². The number of imide groups is 1. The van der Waals surface area contributed by atoms with E-state index >= 15 is 0 Å². The number of ether oxygens (including phenoxy) is 1. The number of carbonyl (C=O) groups is 3. The van der Waals surface area contributed by atoms with Crippen molar-refractivity contribution in [3.05, 3.63) is 69.2 Å². The maximum absolute atomic E-state index is 12.2. The molecule has 1 heterocycles. The highest BCUT2D eigenvalue weighted by molar-refractivity contribution is 6.35. The number of hydrogen-bond acceptors (Lipinski definition) is 4. The quantitative estimate of drug-likeness (QED) is 0.591. The molecule has 25 heavy (non-hydrogen) atoms. The standard InChI is InChI=1S/C18H13Cl2NO4/c19-12-6-5-11(15(20)10-12)9-16(22)25-8-7-21-17(23)13-3-1-2-4-14(13)18(21)24/h1-6,10H,7-9H2. The first-order valence-electron chi connectivity index (χ1n) is 7.52. The second kappa shape index (κ2) is 7.25. The Hall–Kier alpha value is -2.37. The van der Waals surface area contributed by atoms with E-state index in [4.69, 9.17) is 27.9 Å². The summed E-state index contributed by atoms with van der Waals surface area (Å²) >= 11 is 11.8. The summed E-state index contributed by atoms with van der Waals surface area (Å²) in [6, 6.07) is 11.4. The first-order chi connectivity index (χ1) is 12.0. The fourth-order valence-electron chi connectivity index (χ4n) is 2.56. The maximum Gasteiger partial charge on any atom is 0.310 e. The average Bonchev–Trinajstić information content (AvgIpc) is 2.83. The summed E-state index contributed by atoms with van der Waals surface area (Å²) in [6.07, 6.45) is -0.0158. The van der Waals surface area contributed by atoms with Gasteiger partial charge in [-0.3, -0.25) is 19.3 Å². The van der Waals surface area contributed by atoms with Crippen molar-refractivity contribution < 1.29 is 19.1 Å². The SMILES string of the molecule is O=C(Cc1ccc(Cl)cc1Cl)OCCN1C(=O)c2ccccc2C1=O. The maximum atomic E-state index is 12.2. The molecule has 0 saturated carbocycles.